The van der Waals surface area contributed by atoms with Gasteiger partial charge in [-0.15, -0.1) is 0 Å². The minimum absolute atomic E-state index is 0.128. The summed E-state index contributed by atoms with van der Waals surface area (Å²) >= 11 is 0. The van der Waals surface area contributed by atoms with Crippen molar-refractivity contribution in [2.45, 2.75) is 44.6 Å². The monoisotopic (exact) mass is 352 g/mol. The van der Waals surface area contributed by atoms with Crippen LogP contribution in [0, 0.1) is 0 Å². The Morgan fingerprint density at radius 3 is 2.88 bits per heavy atom. The minimum atomic E-state index is 0.128. The number of likely N-dealkylation sites (tertiary alicyclic amines) is 1. The molecule has 5 heteroatoms. The van der Waals surface area contributed by atoms with Crippen LogP contribution in [0.1, 0.15) is 37.9 Å². The number of aromatic nitrogens is 2. The van der Waals surface area contributed by atoms with Gasteiger partial charge < -0.3 is 10.2 Å². The second-order valence-corrected chi connectivity index (χ2v) is 6.99. The van der Waals surface area contributed by atoms with Crippen LogP contribution in [-0.2, 0) is 11.2 Å². The quantitative estimate of drug-likeness (QED) is 0.832. The van der Waals surface area contributed by atoms with Gasteiger partial charge in [-0.25, -0.2) is 9.97 Å². The average Bonchev–Trinajstić information content (AvgIpc) is 2.68. The summed E-state index contributed by atoms with van der Waals surface area (Å²) in [5, 5.41) is 3.01. The first-order chi connectivity index (χ1) is 12.7. The van der Waals surface area contributed by atoms with E-state index < -0.39 is 0 Å². The number of carbonyl (C=O) groups is 1. The van der Waals surface area contributed by atoms with E-state index in [1.165, 1.54) is 19.3 Å². The van der Waals surface area contributed by atoms with E-state index in [2.05, 4.69) is 27.2 Å². The highest BCUT2D eigenvalue weighted by molar-refractivity contribution is 5.75. The third-order valence-corrected chi connectivity index (χ3v) is 5.07. The zero-order valence-electron chi connectivity index (χ0n) is 15.5. The SMILES string of the molecule is CN1CCCC[C@@H]1CCC(=O)NCCc1nccc(-c2ccccc2)n1. The smallest absolute Gasteiger partial charge is 0.220 e. The summed E-state index contributed by atoms with van der Waals surface area (Å²) in [6, 6.07) is 12.5. The molecule has 0 spiro atoms. The molecule has 138 valence electrons. The van der Waals surface area contributed by atoms with Crippen LogP contribution < -0.4 is 5.32 Å². The average molecular weight is 352 g/mol. The number of carbonyl (C=O) groups excluding carboxylic acids is 1. The van der Waals surface area contributed by atoms with Crippen molar-refractivity contribution >= 4 is 5.91 Å². The molecule has 2 aromatic rings. The number of hydrogen-bond acceptors (Lipinski definition) is 4. The summed E-state index contributed by atoms with van der Waals surface area (Å²) in [5.74, 6) is 0.891. The Morgan fingerprint density at radius 2 is 2.08 bits per heavy atom. The summed E-state index contributed by atoms with van der Waals surface area (Å²) in [7, 11) is 2.17. The van der Waals surface area contributed by atoms with E-state index in [4.69, 9.17) is 0 Å². The van der Waals surface area contributed by atoms with E-state index in [-0.39, 0.29) is 5.91 Å². The second kappa shape index (κ2) is 9.43. The molecule has 1 atom stereocenters. The molecule has 2 heterocycles. The Bertz CT molecular complexity index is 704. The van der Waals surface area contributed by atoms with E-state index in [1.54, 1.807) is 6.20 Å². The van der Waals surface area contributed by atoms with Gasteiger partial charge in [0.2, 0.25) is 5.91 Å². The number of amides is 1. The molecule has 3 rings (SSSR count). The second-order valence-electron chi connectivity index (χ2n) is 6.99. The van der Waals surface area contributed by atoms with Gasteiger partial charge in [-0.05, 0) is 38.9 Å². The number of rotatable bonds is 7. The van der Waals surface area contributed by atoms with E-state index >= 15 is 0 Å². The molecule has 5 nitrogen and oxygen atoms in total. The van der Waals surface area contributed by atoms with Gasteiger partial charge in [0.1, 0.15) is 5.82 Å². The fourth-order valence-corrected chi connectivity index (χ4v) is 3.50. The Labute approximate surface area is 155 Å². The zero-order chi connectivity index (χ0) is 18.2. The molecule has 1 saturated heterocycles. The molecule has 26 heavy (non-hydrogen) atoms. The first-order valence-electron chi connectivity index (χ1n) is 9.56. The Kier molecular flexibility index (Phi) is 6.72. The molecule has 0 unspecified atom stereocenters. The highest BCUT2D eigenvalue weighted by Gasteiger charge is 2.19. The number of nitrogens with zero attached hydrogens (tertiary/aromatic N) is 3. The summed E-state index contributed by atoms with van der Waals surface area (Å²) in [5.41, 5.74) is 2.00. The molecule has 0 radical (unpaired) electrons. The molecule has 1 aromatic heterocycles. The van der Waals surface area contributed by atoms with E-state index in [9.17, 15) is 4.79 Å². The predicted octanol–water partition coefficient (Wildman–Crippen LogP) is 3.07. The third-order valence-electron chi connectivity index (χ3n) is 5.07. The van der Waals surface area contributed by atoms with Crippen molar-refractivity contribution in [3.05, 3.63) is 48.4 Å². The van der Waals surface area contributed by atoms with Crippen LogP contribution in [0.15, 0.2) is 42.6 Å². The fraction of sp³-hybridized carbons (Fsp3) is 0.476. The van der Waals surface area contributed by atoms with E-state index in [0.29, 0.717) is 25.4 Å². The summed E-state index contributed by atoms with van der Waals surface area (Å²) in [6.45, 7) is 1.74. The topological polar surface area (TPSA) is 58.1 Å². The molecule has 0 bridgehead atoms. The van der Waals surface area contributed by atoms with Gasteiger partial charge in [-0.1, -0.05) is 36.8 Å². The highest BCUT2D eigenvalue weighted by Crippen LogP contribution is 2.19. The van der Waals surface area contributed by atoms with E-state index in [1.807, 2.05) is 36.4 Å². The summed E-state index contributed by atoms with van der Waals surface area (Å²) < 4.78 is 0. The minimum Gasteiger partial charge on any atom is -0.356 e. The maximum atomic E-state index is 12.1. The van der Waals surface area contributed by atoms with Crippen molar-refractivity contribution in [1.29, 1.82) is 0 Å². The zero-order valence-corrected chi connectivity index (χ0v) is 15.5. The molecule has 1 aromatic carbocycles. The van der Waals surface area contributed by atoms with Crippen LogP contribution in [0.25, 0.3) is 11.3 Å². The fourth-order valence-electron chi connectivity index (χ4n) is 3.50. The van der Waals surface area contributed by atoms with Crippen molar-refractivity contribution in [1.82, 2.24) is 20.2 Å². The standard InChI is InChI=1S/C21H28N4O/c1-25-16-6-5-9-18(25)10-11-21(26)23-15-13-20-22-14-12-19(24-20)17-7-3-2-4-8-17/h2-4,7-8,12,14,18H,5-6,9-11,13,15-16H2,1H3,(H,23,26)/t18-/m1/s1. The lowest BCUT2D eigenvalue weighted by Crippen LogP contribution is -2.37. The summed E-state index contributed by atoms with van der Waals surface area (Å²) in [4.78, 5) is 23.4. The van der Waals surface area contributed by atoms with Gasteiger partial charge in [0, 0.05) is 37.2 Å². The van der Waals surface area contributed by atoms with Crippen LogP contribution in [0.2, 0.25) is 0 Å². The van der Waals surface area contributed by atoms with Crippen LogP contribution in [-0.4, -0.2) is 47.0 Å². The molecular weight excluding hydrogens is 324 g/mol. The van der Waals surface area contributed by atoms with Crippen molar-refractivity contribution in [3.63, 3.8) is 0 Å². The van der Waals surface area contributed by atoms with Gasteiger partial charge in [-0.3, -0.25) is 4.79 Å². The lowest BCUT2D eigenvalue weighted by atomic mass is 9.98. The van der Waals surface area contributed by atoms with Gasteiger partial charge in [-0.2, -0.15) is 0 Å². The molecule has 1 fully saturated rings. The van der Waals surface area contributed by atoms with Crippen molar-refractivity contribution in [2.75, 3.05) is 20.1 Å². The number of nitrogens with one attached hydrogen (secondary N) is 1. The first-order valence-corrected chi connectivity index (χ1v) is 9.56. The summed E-state index contributed by atoms with van der Waals surface area (Å²) in [6.07, 6.45) is 7.75. The van der Waals surface area contributed by atoms with Gasteiger partial charge in [0.15, 0.2) is 0 Å². The highest BCUT2D eigenvalue weighted by atomic mass is 16.1. The maximum absolute atomic E-state index is 12.1. The van der Waals surface area contributed by atoms with Gasteiger partial charge >= 0.3 is 0 Å². The van der Waals surface area contributed by atoms with Crippen LogP contribution in [0.5, 0.6) is 0 Å². The largest absolute Gasteiger partial charge is 0.356 e. The molecule has 1 aliphatic heterocycles. The van der Waals surface area contributed by atoms with Crippen molar-refractivity contribution in [2.24, 2.45) is 0 Å². The normalized spacial score (nSPS) is 17.8. The van der Waals surface area contributed by atoms with E-state index in [0.717, 1.165) is 30.0 Å². The Morgan fingerprint density at radius 1 is 1.23 bits per heavy atom. The van der Waals surface area contributed by atoms with Crippen LogP contribution >= 0.6 is 0 Å². The third kappa shape index (κ3) is 5.36. The Balaban J connectivity index is 1.42. The molecular formula is C21H28N4O. The molecule has 0 saturated carbocycles. The molecule has 0 aliphatic carbocycles. The maximum Gasteiger partial charge on any atom is 0.220 e. The number of hydrogen-bond donors (Lipinski definition) is 1. The number of benzene rings is 1. The lowest BCUT2D eigenvalue weighted by molar-refractivity contribution is -0.121. The number of piperidine rings is 1. The first kappa shape index (κ1) is 18.5. The van der Waals surface area contributed by atoms with Crippen molar-refractivity contribution in [3.8, 4) is 11.3 Å². The van der Waals surface area contributed by atoms with Gasteiger partial charge in [0.25, 0.3) is 0 Å². The molecule has 1 aliphatic rings. The van der Waals surface area contributed by atoms with Crippen LogP contribution in [0.4, 0.5) is 0 Å². The van der Waals surface area contributed by atoms with Crippen LogP contribution in [0.3, 0.4) is 0 Å². The predicted molar refractivity (Wildman–Crippen MR) is 104 cm³/mol. The molecule has 1 amide bonds. The molecule has 1 N–H and O–H groups in total. The van der Waals surface area contributed by atoms with Gasteiger partial charge in [0.05, 0.1) is 5.69 Å². The van der Waals surface area contributed by atoms with Crippen molar-refractivity contribution < 1.29 is 4.79 Å². The Hall–Kier alpha value is -2.27. The lowest BCUT2D eigenvalue weighted by Gasteiger charge is -2.32.